The third-order valence-electron chi connectivity index (χ3n) is 3.10. The van der Waals surface area contributed by atoms with E-state index in [-0.39, 0.29) is 11.9 Å². The molecule has 6 heteroatoms. The quantitative estimate of drug-likeness (QED) is 0.839. The highest BCUT2D eigenvalue weighted by atomic mass is 16.2. The number of carbonyl (C=O) groups is 2. The molecule has 1 atom stereocenters. The third-order valence-corrected chi connectivity index (χ3v) is 3.10. The molecule has 1 aromatic rings. The fourth-order valence-corrected chi connectivity index (χ4v) is 2.16. The SMILES string of the molecule is CCC1C(=O)NCCN1C(=O)Nc1cccc(C)n1. The van der Waals surface area contributed by atoms with Crippen molar-refractivity contribution in [3.63, 3.8) is 0 Å². The fourth-order valence-electron chi connectivity index (χ4n) is 2.16. The van der Waals surface area contributed by atoms with E-state index < -0.39 is 6.04 Å². The van der Waals surface area contributed by atoms with Crippen LogP contribution in [0.1, 0.15) is 19.0 Å². The van der Waals surface area contributed by atoms with Crippen molar-refractivity contribution in [3.8, 4) is 0 Å². The second kappa shape index (κ2) is 5.69. The summed E-state index contributed by atoms with van der Waals surface area (Å²) in [5.74, 6) is 0.409. The van der Waals surface area contributed by atoms with Gasteiger partial charge in [0.25, 0.3) is 0 Å². The molecule has 2 N–H and O–H groups in total. The minimum atomic E-state index is -0.404. The number of nitrogens with zero attached hydrogens (tertiary/aromatic N) is 2. The molecule has 3 amide bonds. The van der Waals surface area contributed by atoms with Crippen molar-refractivity contribution < 1.29 is 9.59 Å². The van der Waals surface area contributed by atoms with Gasteiger partial charge in [0.1, 0.15) is 11.9 Å². The number of hydrogen-bond donors (Lipinski definition) is 2. The molecule has 1 fully saturated rings. The normalized spacial score (nSPS) is 18.9. The maximum absolute atomic E-state index is 12.2. The monoisotopic (exact) mass is 262 g/mol. The van der Waals surface area contributed by atoms with Crippen LogP contribution in [-0.4, -0.2) is 41.0 Å². The number of aryl methyl sites for hydroxylation is 1. The summed E-state index contributed by atoms with van der Waals surface area (Å²) in [4.78, 5) is 29.7. The summed E-state index contributed by atoms with van der Waals surface area (Å²) in [7, 11) is 0. The first kappa shape index (κ1) is 13.3. The number of urea groups is 1. The highest BCUT2D eigenvalue weighted by Crippen LogP contribution is 2.11. The third kappa shape index (κ3) is 3.01. The van der Waals surface area contributed by atoms with E-state index in [1.807, 2.05) is 26.0 Å². The first-order chi connectivity index (χ1) is 9.11. The van der Waals surface area contributed by atoms with E-state index >= 15 is 0 Å². The van der Waals surface area contributed by atoms with Crippen LogP contribution in [0.5, 0.6) is 0 Å². The van der Waals surface area contributed by atoms with E-state index in [0.29, 0.717) is 25.3 Å². The van der Waals surface area contributed by atoms with Gasteiger partial charge in [0.15, 0.2) is 0 Å². The van der Waals surface area contributed by atoms with E-state index in [4.69, 9.17) is 0 Å². The van der Waals surface area contributed by atoms with Crippen molar-refractivity contribution >= 4 is 17.8 Å². The highest BCUT2D eigenvalue weighted by Gasteiger charge is 2.31. The molecule has 6 nitrogen and oxygen atoms in total. The number of pyridine rings is 1. The molecule has 0 radical (unpaired) electrons. The predicted octanol–water partition coefficient (Wildman–Crippen LogP) is 1.13. The lowest BCUT2D eigenvalue weighted by Crippen LogP contribution is -2.57. The lowest BCUT2D eigenvalue weighted by molar-refractivity contribution is -0.127. The molecule has 0 aromatic carbocycles. The molecule has 0 spiro atoms. The summed E-state index contributed by atoms with van der Waals surface area (Å²) in [6.45, 7) is 4.76. The van der Waals surface area contributed by atoms with E-state index in [1.165, 1.54) is 0 Å². The number of aromatic nitrogens is 1. The van der Waals surface area contributed by atoms with Gasteiger partial charge in [0, 0.05) is 18.8 Å². The van der Waals surface area contributed by atoms with Gasteiger partial charge in [-0.25, -0.2) is 9.78 Å². The summed E-state index contributed by atoms with van der Waals surface area (Å²) in [6, 6.07) is 4.74. The number of hydrogen-bond acceptors (Lipinski definition) is 3. The Hall–Kier alpha value is -2.11. The number of rotatable bonds is 2. The van der Waals surface area contributed by atoms with Crippen molar-refractivity contribution in [1.29, 1.82) is 0 Å². The lowest BCUT2D eigenvalue weighted by Gasteiger charge is -2.34. The van der Waals surface area contributed by atoms with Crippen molar-refractivity contribution in [2.24, 2.45) is 0 Å². The van der Waals surface area contributed by atoms with Gasteiger partial charge in [-0.3, -0.25) is 10.1 Å². The molecule has 2 rings (SSSR count). The Labute approximate surface area is 112 Å². The number of nitrogens with one attached hydrogen (secondary N) is 2. The van der Waals surface area contributed by atoms with Gasteiger partial charge in [0.05, 0.1) is 0 Å². The molecule has 2 heterocycles. The van der Waals surface area contributed by atoms with Crippen LogP contribution in [-0.2, 0) is 4.79 Å². The topological polar surface area (TPSA) is 74.3 Å². The zero-order valence-corrected chi connectivity index (χ0v) is 11.1. The zero-order chi connectivity index (χ0) is 13.8. The van der Waals surface area contributed by atoms with Crippen LogP contribution >= 0.6 is 0 Å². The van der Waals surface area contributed by atoms with Crippen LogP contribution in [0.3, 0.4) is 0 Å². The van der Waals surface area contributed by atoms with Gasteiger partial charge in [-0.1, -0.05) is 13.0 Å². The van der Waals surface area contributed by atoms with E-state index in [1.54, 1.807) is 11.0 Å². The summed E-state index contributed by atoms with van der Waals surface area (Å²) < 4.78 is 0. The minimum Gasteiger partial charge on any atom is -0.353 e. The van der Waals surface area contributed by atoms with Gasteiger partial charge >= 0.3 is 6.03 Å². The van der Waals surface area contributed by atoms with Crippen molar-refractivity contribution in [2.75, 3.05) is 18.4 Å². The Balaban J connectivity index is 2.08. The number of carbonyl (C=O) groups excluding carboxylic acids is 2. The van der Waals surface area contributed by atoms with Gasteiger partial charge < -0.3 is 10.2 Å². The smallest absolute Gasteiger partial charge is 0.323 e. The Bertz CT molecular complexity index is 489. The largest absolute Gasteiger partial charge is 0.353 e. The van der Waals surface area contributed by atoms with Gasteiger partial charge in [-0.2, -0.15) is 0 Å². The van der Waals surface area contributed by atoms with Crippen molar-refractivity contribution in [1.82, 2.24) is 15.2 Å². The van der Waals surface area contributed by atoms with Crippen LogP contribution < -0.4 is 10.6 Å². The molecule has 19 heavy (non-hydrogen) atoms. The Morgan fingerprint density at radius 3 is 3.05 bits per heavy atom. The van der Waals surface area contributed by atoms with Crippen LogP contribution in [0.15, 0.2) is 18.2 Å². The molecule has 0 aliphatic carbocycles. The summed E-state index contributed by atoms with van der Waals surface area (Å²) in [5, 5.41) is 5.50. The molecule has 1 saturated heterocycles. The maximum atomic E-state index is 12.2. The Morgan fingerprint density at radius 2 is 2.37 bits per heavy atom. The van der Waals surface area contributed by atoms with Gasteiger partial charge in [-0.15, -0.1) is 0 Å². The first-order valence-electron chi connectivity index (χ1n) is 6.41. The average molecular weight is 262 g/mol. The molecule has 0 saturated carbocycles. The minimum absolute atomic E-state index is 0.0962. The highest BCUT2D eigenvalue weighted by molar-refractivity contribution is 5.94. The van der Waals surface area contributed by atoms with Crippen molar-refractivity contribution in [3.05, 3.63) is 23.9 Å². The van der Waals surface area contributed by atoms with Crippen LogP contribution in [0, 0.1) is 6.92 Å². The summed E-state index contributed by atoms with van der Waals surface area (Å²) >= 11 is 0. The predicted molar refractivity (Wildman–Crippen MR) is 71.8 cm³/mol. The fraction of sp³-hybridized carbons (Fsp3) is 0.462. The standard InChI is InChI=1S/C13H18N4O2/c1-3-10-12(18)14-7-8-17(10)13(19)16-11-6-4-5-9(2)15-11/h4-6,10H,3,7-8H2,1-2H3,(H,14,18)(H,15,16,19). The molecule has 1 aliphatic rings. The Kier molecular flexibility index (Phi) is 3.99. The first-order valence-corrected chi connectivity index (χ1v) is 6.41. The van der Waals surface area contributed by atoms with Gasteiger partial charge in [-0.05, 0) is 25.5 Å². The van der Waals surface area contributed by atoms with E-state index in [0.717, 1.165) is 5.69 Å². The van der Waals surface area contributed by atoms with E-state index in [9.17, 15) is 9.59 Å². The molecule has 1 aliphatic heterocycles. The second-order valence-corrected chi connectivity index (χ2v) is 4.50. The van der Waals surface area contributed by atoms with Crippen LogP contribution in [0.4, 0.5) is 10.6 Å². The second-order valence-electron chi connectivity index (χ2n) is 4.50. The molecule has 102 valence electrons. The molecule has 1 aromatic heterocycles. The zero-order valence-electron chi connectivity index (χ0n) is 11.1. The molecular weight excluding hydrogens is 244 g/mol. The van der Waals surface area contributed by atoms with Gasteiger partial charge in [0.2, 0.25) is 5.91 Å². The lowest BCUT2D eigenvalue weighted by atomic mass is 10.1. The van der Waals surface area contributed by atoms with E-state index in [2.05, 4.69) is 15.6 Å². The van der Waals surface area contributed by atoms with Crippen molar-refractivity contribution in [2.45, 2.75) is 26.3 Å². The Morgan fingerprint density at radius 1 is 1.58 bits per heavy atom. The maximum Gasteiger partial charge on any atom is 0.323 e. The number of anilines is 1. The number of piperazine rings is 1. The average Bonchev–Trinajstić information content (AvgIpc) is 2.38. The molecular formula is C13H18N4O2. The van der Waals surface area contributed by atoms with Crippen LogP contribution in [0.2, 0.25) is 0 Å². The molecule has 1 unspecified atom stereocenters. The van der Waals surface area contributed by atoms with Crippen LogP contribution in [0.25, 0.3) is 0 Å². The molecule has 0 bridgehead atoms. The summed E-state index contributed by atoms with van der Waals surface area (Å²) in [6.07, 6.45) is 0.598. The summed E-state index contributed by atoms with van der Waals surface area (Å²) in [5.41, 5.74) is 0.834. The number of amides is 3.